The molecule has 0 saturated carbocycles. The van der Waals surface area contributed by atoms with E-state index >= 15 is 0 Å². The van der Waals surface area contributed by atoms with Crippen molar-refractivity contribution in [3.8, 4) is 16.9 Å². The molecule has 1 aliphatic rings. The Morgan fingerprint density at radius 3 is 2.49 bits per heavy atom. The molecule has 208 valence electrons. The number of nitrogens with two attached hydrogens (primary N) is 1. The van der Waals surface area contributed by atoms with Crippen LogP contribution in [0, 0.1) is 12.7 Å². The summed E-state index contributed by atoms with van der Waals surface area (Å²) < 4.78 is 14.3. The topological polar surface area (TPSA) is 94.4 Å². The molecule has 5 N–H and O–H groups in total. The fourth-order valence-corrected chi connectivity index (χ4v) is 5.65. The van der Waals surface area contributed by atoms with E-state index in [0.717, 1.165) is 53.5 Å². The quantitative estimate of drug-likeness (QED) is 0.197. The average molecular weight is 549 g/mol. The minimum absolute atomic E-state index is 0.101. The molecule has 6 rings (SSSR count). The lowest BCUT2D eigenvalue weighted by Crippen LogP contribution is -2.39. The lowest BCUT2D eigenvalue weighted by Gasteiger charge is -2.32. The van der Waals surface area contributed by atoms with E-state index in [4.69, 9.17) is 5.73 Å². The molecule has 41 heavy (non-hydrogen) atoms. The summed E-state index contributed by atoms with van der Waals surface area (Å²) in [5, 5.41) is 14.6. The van der Waals surface area contributed by atoms with Crippen LogP contribution < -0.4 is 16.0 Å². The van der Waals surface area contributed by atoms with E-state index in [2.05, 4.69) is 45.5 Å². The van der Waals surface area contributed by atoms with E-state index in [-0.39, 0.29) is 23.3 Å². The molecular weight excluding hydrogens is 515 g/mol. The van der Waals surface area contributed by atoms with E-state index in [9.17, 15) is 14.3 Å². The smallest absolute Gasteiger partial charge is 0.252 e. The van der Waals surface area contributed by atoms with Gasteiger partial charge >= 0.3 is 0 Å². The molecule has 1 fully saturated rings. The van der Waals surface area contributed by atoms with E-state index in [1.807, 2.05) is 49.4 Å². The molecule has 1 aromatic heterocycles. The van der Waals surface area contributed by atoms with Crippen molar-refractivity contribution in [2.75, 3.05) is 18.0 Å². The number of hydrogen-bond acceptors (Lipinski definition) is 4. The molecule has 6 nitrogen and oxygen atoms in total. The zero-order valence-electron chi connectivity index (χ0n) is 22.9. The van der Waals surface area contributed by atoms with Crippen molar-refractivity contribution in [3.05, 3.63) is 119 Å². The molecule has 0 radical (unpaired) electrons. The predicted octanol–water partition coefficient (Wildman–Crippen LogP) is 6.43. The predicted molar refractivity (Wildman–Crippen MR) is 162 cm³/mol. The van der Waals surface area contributed by atoms with Crippen LogP contribution in [0.5, 0.6) is 5.75 Å². The summed E-state index contributed by atoms with van der Waals surface area (Å²) in [6.07, 6.45) is 1.98. The standard InChI is InChI=1S/C34H33FN4O2/c1-21-16-24(22-6-9-28(10-7-22)39-14-12-27(36)13-15-39)18-25(17-21)34(41)38-33(29-20-26(35)8-11-32(29)40)31-19-23-4-2-3-5-30(23)37-31/h2-11,16-20,27,33,37,40H,12-15,36H2,1H3,(H,38,41). The number of aromatic amines is 1. The van der Waals surface area contributed by atoms with Gasteiger partial charge < -0.3 is 26.0 Å². The Bertz CT molecular complexity index is 1670. The number of para-hydroxylation sites is 1. The number of piperidine rings is 1. The number of H-pyrrole nitrogens is 1. The summed E-state index contributed by atoms with van der Waals surface area (Å²) in [5.41, 5.74) is 12.4. The van der Waals surface area contributed by atoms with Crippen molar-refractivity contribution in [1.82, 2.24) is 10.3 Å². The number of amides is 1. The van der Waals surface area contributed by atoms with Gasteiger partial charge in [-0.25, -0.2) is 4.39 Å². The molecule has 1 amide bonds. The third-order valence-electron chi connectivity index (χ3n) is 7.88. The third kappa shape index (κ3) is 5.67. The Morgan fingerprint density at radius 1 is 0.976 bits per heavy atom. The van der Waals surface area contributed by atoms with Crippen LogP contribution in [0.2, 0.25) is 0 Å². The van der Waals surface area contributed by atoms with Gasteiger partial charge in [0.15, 0.2) is 0 Å². The molecule has 5 aromatic rings. The molecule has 0 aliphatic carbocycles. The second-order valence-electron chi connectivity index (χ2n) is 10.9. The van der Waals surface area contributed by atoms with Crippen molar-refractivity contribution in [1.29, 1.82) is 0 Å². The molecule has 1 aliphatic heterocycles. The van der Waals surface area contributed by atoms with E-state index < -0.39 is 11.9 Å². The number of hydrogen-bond donors (Lipinski definition) is 4. The Hall–Kier alpha value is -4.62. The number of carbonyl (C=O) groups is 1. The van der Waals surface area contributed by atoms with Crippen LogP contribution in [-0.2, 0) is 0 Å². The van der Waals surface area contributed by atoms with Crippen LogP contribution >= 0.6 is 0 Å². The molecule has 0 bridgehead atoms. The summed E-state index contributed by atoms with van der Waals surface area (Å²) >= 11 is 0. The van der Waals surface area contributed by atoms with Crippen molar-refractivity contribution in [2.45, 2.75) is 31.8 Å². The molecule has 1 atom stereocenters. The minimum atomic E-state index is -0.800. The minimum Gasteiger partial charge on any atom is -0.508 e. The normalized spacial score (nSPS) is 14.8. The number of aromatic hydroxyl groups is 1. The van der Waals surface area contributed by atoms with Gasteiger partial charge in [0.1, 0.15) is 11.6 Å². The van der Waals surface area contributed by atoms with Crippen molar-refractivity contribution >= 4 is 22.5 Å². The molecule has 4 aromatic carbocycles. The van der Waals surface area contributed by atoms with Gasteiger partial charge in [-0.3, -0.25) is 4.79 Å². The Labute approximate surface area is 238 Å². The highest BCUT2D eigenvalue weighted by molar-refractivity contribution is 5.96. The number of fused-ring (bicyclic) bond motifs is 1. The number of carbonyl (C=O) groups excluding carboxylic acids is 1. The lowest BCUT2D eigenvalue weighted by atomic mass is 9.98. The first-order chi connectivity index (χ1) is 19.8. The van der Waals surface area contributed by atoms with Crippen molar-refractivity contribution in [2.24, 2.45) is 5.73 Å². The number of rotatable bonds is 6. The maximum atomic E-state index is 14.3. The first-order valence-corrected chi connectivity index (χ1v) is 13.9. The van der Waals surface area contributed by atoms with Gasteiger partial charge in [-0.05, 0) is 96.4 Å². The van der Waals surface area contributed by atoms with Crippen LogP contribution in [-0.4, -0.2) is 35.1 Å². The number of halogens is 1. The first-order valence-electron chi connectivity index (χ1n) is 13.9. The van der Waals surface area contributed by atoms with Crippen LogP contribution in [0.4, 0.5) is 10.1 Å². The second kappa shape index (κ2) is 11.1. The van der Waals surface area contributed by atoms with Crippen LogP contribution in [0.1, 0.15) is 46.1 Å². The number of nitrogens with zero attached hydrogens (tertiary/aromatic N) is 1. The van der Waals surface area contributed by atoms with Gasteiger partial charge in [-0.15, -0.1) is 0 Å². The Balaban J connectivity index is 1.30. The van der Waals surface area contributed by atoms with Gasteiger partial charge in [-0.1, -0.05) is 36.4 Å². The van der Waals surface area contributed by atoms with Crippen molar-refractivity contribution < 1.29 is 14.3 Å². The lowest BCUT2D eigenvalue weighted by molar-refractivity contribution is 0.0942. The third-order valence-corrected chi connectivity index (χ3v) is 7.88. The molecule has 1 unspecified atom stereocenters. The summed E-state index contributed by atoms with van der Waals surface area (Å²) in [6, 6.07) is 27.0. The number of phenolic OH excluding ortho intramolecular Hbond substituents is 1. The maximum absolute atomic E-state index is 14.3. The monoisotopic (exact) mass is 548 g/mol. The van der Waals surface area contributed by atoms with E-state index in [1.54, 1.807) is 0 Å². The van der Waals surface area contributed by atoms with Crippen LogP contribution in [0.3, 0.4) is 0 Å². The number of benzene rings is 4. The highest BCUT2D eigenvalue weighted by Crippen LogP contribution is 2.32. The summed E-state index contributed by atoms with van der Waals surface area (Å²) in [4.78, 5) is 19.4. The molecular formula is C34H33FN4O2. The second-order valence-corrected chi connectivity index (χ2v) is 10.9. The van der Waals surface area contributed by atoms with Gasteiger partial charge in [0, 0.05) is 47.2 Å². The highest BCUT2D eigenvalue weighted by atomic mass is 19.1. The maximum Gasteiger partial charge on any atom is 0.252 e. The van der Waals surface area contributed by atoms with Crippen LogP contribution in [0.25, 0.3) is 22.0 Å². The summed E-state index contributed by atoms with van der Waals surface area (Å²) in [7, 11) is 0. The fourth-order valence-electron chi connectivity index (χ4n) is 5.65. The first kappa shape index (κ1) is 26.6. The molecule has 1 saturated heterocycles. The summed E-state index contributed by atoms with van der Waals surface area (Å²) in [5.74, 6) is -0.929. The molecule has 7 heteroatoms. The number of nitrogens with one attached hydrogen (secondary N) is 2. The largest absolute Gasteiger partial charge is 0.508 e. The number of aryl methyl sites for hydroxylation is 1. The van der Waals surface area contributed by atoms with E-state index in [1.165, 1.54) is 23.9 Å². The number of phenols is 1. The van der Waals surface area contributed by atoms with Gasteiger partial charge in [0.05, 0.1) is 6.04 Å². The Kier molecular flexibility index (Phi) is 7.20. The zero-order chi connectivity index (χ0) is 28.5. The SMILES string of the molecule is Cc1cc(C(=O)NC(c2cc3ccccc3[nH]2)c2cc(F)ccc2O)cc(-c2ccc(N3CCC(N)CC3)cc2)c1. The molecule has 0 spiro atoms. The number of anilines is 1. The highest BCUT2D eigenvalue weighted by Gasteiger charge is 2.24. The fraction of sp³-hybridized carbons (Fsp3) is 0.206. The zero-order valence-corrected chi connectivity index (χ0v) is 22.9. The summed E-state index contributed by atoms with van der Waals surface area (Å²) in [6.45, 7) is 3.86. The van der Waals surface area contributed by atoms with Crippen LogP contribution in [0.15, 0.2) is 91.0 Å². The Morgan fingerprint density at radius 2 is 1.73 bits per heavy atom. The van der Waals surface area contributed by atoms with Gasteiger partial charge in [-0.2, -0.15) is 0 Å². The van der Waals surface area contributed by atoms with Gasteiger partial charge in [0.25, 0.3) is 5.91 Å². The average Bonchev–Trinajstić information content (AvgIpc) is 3.41. The van der Waals surface area contributed by atoms with E-state index in [0.29, 0.717) is 11.3 Å². The molecule has 2 heterocycles. The van der Waals surface area contributed by atoms with Gasteiger partial charge in [0.2, 0.25) is 0 Å². The van der Waals surface area contributed by atoms with Crippen molar-refractivity contribution in [3.63, 3.8) is 0 Å². The number of aromatic nitrogens is 1.